The van der Waals surface area contributed by atoms with E-state index in [2.05, 4.69) is 0 Å². The third kappa shape index (κ3) is 2.81. The molecule has 2 heterocycles. The molecule has 2 fully saturated rings. The van der Waals surface area contributed by atoms with Crippen molar-refractivity contribution >= 4 is 5.97 Å². The summed E-state index contributed by atoms with van der Waals surface area (Å²) >= 11 is 0. The van der Waals surface area contributed by atoms with Gasteiger partial charge in [0.1, 0.15) is 12.2 Å². The zero-order chi connectivity index (χ0) is 15.0. The maximum absolute atomic E-state index is 11.3. The first-order chi connectivity index (χ1) is 10.1. The maximum Gasteiger partial charge on any atom is 0.303 e. The van der Waals surface area contributed by atoms with Crippen molar-refractivity contribution in [2.75, 3.05) is 0 Å². The summed E-state index contributed by atoms with van der Waals surface area (Å²) in [6.45, 7) is 5.36. The van der Waals surface area contributed by atoms with E-state index >= 15 is 0 Å². The molecule has 0 N–H and O–H groups in total. The Hall–Kier alpha value is -1.43. The Morgan fingerprint density at radius 1 is 1.10 bits per heavy atom. The van der Waals surface area contributed by atoms with Gasteiger partial charge >= 0.3 is 5.97 Å². The van der Waals surface area contributed by atoms with Gasteiger partial charge in [-0.3, -0.25) is 4.79 Å². The van der Waals surface area contributed by atoms with Crippen molar-refractivity contribution in [3.63, 3.8) is 0 Å². The zero-order valence-corrected chi connectivity index (χ0v) is 12.4. The van der Waals surface area contributed by atoms with E-state index < -0.39 is 18.7 Å². The molecule has 5 heteroatoms. The van der Waals surface area contributed by atoms with E-state index in [1.807, 2.05) is 44.2 Å². The largest absolute Gasteiger partial charge is 0.459 e. The molecule has 6 unspecified atom stereocenters. The molecule has 3 rings (SSSR count). The standard InChI is InChI=1S/C16H20O5/c1-9-10(2)18-16-14(13(9)19-11(3)17)20-15(21-16)12-7-5-4-6-8-12/h4-10,13-16H,1-3H3. The molecule has 0 bridgehead atoms. The van der Waals surface area contributed by atoms with Crippen LogP contribution in [0.2, 0.25) is 0 Å². The van der Waals surface area contributed by atoms with Gasteiger partial charge in [-0.25, -0.2) is 0 Å². The van der Waals surface area contributed by atoms with Crippen molar-refractivity contribution < 1.29 is 23.7 Å². The lowest BCUT2D eigenvalue weighted by Gasteiger charge is -2.39. The highest BCUT2D eigenvalue weighted by Crippen LogP contribution is 2.40. The summed E-state index contributed by atoms with van der Waals surface area (Å²) in [6, 6.07) is 9.68. The van der Waals surface area contributed by atoms with Crippen molar-refractivity contribution in [1.29, 1.82) is 0 Å². The summed E-state index contributed by atoms with van der Waals surface area (Å²) in [5.41, 5.74) is 0.928. The Morgan fingerprint density at radius 3 is 2.48 bits per heavy atom. The first-order valence-corrected chi connectivity index (χ1v) is 7.25. The van der Waals surface area contributed by atoms with Crippen LogP contribution in [0.25, 0.3) is 0 Å². The number of ether oxygens (including phenoxy) is 4. The van der Waals surface area contributed by atoms with Crippen LogP contribution in [-0.2, 0) is 23.7 Å². The van der Waals surface area contributed by atoms with Gasteiger partial charge in [-0.2, -0.15) is 0 Å². The number of hydrogen-bond donors (Lipinski definition) is 0. The minimum absolute atomic E-state index is 0.0493. The third-order valence-electron chi connectivity index (χ3n) is 4.11. The Labute approximate surface area is 124 Å². The van der Waals surface area contributed by atoms with Gasteiger partial charge in [-0.05, 0) is 6.92 Å². The van der Waals surface area contributed by atoms with Crippen LogP contribution in [0.15, 0.2) is 30.3 Å². The van der Waals surface area contributed by atoms with Crippen molar-refractivity contribution in [2.24, 2.45) is 5.92 Å². The minimum Gasteiger partial charge on any atom is -0.459 e. The number of carbonyl (C=O) groups excluding carboxylic acids is 1. The third-order valence-corrected chi connectivity index (χ3v) is 4.11. The summed E-state index contributed by atoms with van der Waals surface area (Å²) in [5, 5.41) is 0. The summed E-state index contributed by atoms with van der Waals surface area (Å²) < 4.78 is 23.1. The number of benzene rings is 1. The van der Waals surface area contributed by atoms with Gasteiger partial charge in [0.2, 0.25) is 0 Å². The fourth-order valence-electron chi connectivity index (χ4n) is 2.82. The molecule has 1 aromatic carbocycles. The molecule has 2 aliphatic rings. The van der Waals surface area contributed by atoms with E-state index in [1.54, 1.807) is 0 Å². The number of esters is 1. The molecule has 0 amide bonds. The highest BCUT2D eigenvalue weighted by atomic mass is 16.8. The predicted octanol–water partition coefficient (Wildman–Crippen LogP) is 2.41. The first kappa shape index (κ1) is 14.5. The van der Waals surface area contributed by atoms with Gasteiger partial charge in [0, 0.05) is 18.4 Å². The second-order valence-corrected chi connectivity index (χ2v) is 5.62. The molecule has 0 aliphatic carbocycles. The van der Waals surface area contributed by atoms with Crippen LogP contribution in [-0.4, -0.2) is 30.6 Å². The molecule has 5 nitrogen and oxygen atoms in total. The lowest BCUT2D eigenvalue weighted by molar-refractivity contribution is -0.229. The molecule has 2 saturated heterocycles. The average Bonchev–Trinajstić information content (AvgIpc) is 2.88. The van der Waals surface area contributed by atoms with Crippen molar-refractivity contribution in [1.82, 2.24) is 0 Å². The fraction of sp³-hybridized carbons (Fsp3) is 0.562. The quantitative estimate of drug-likeness (QED) is 0.784. The summed E-state index contributed by atoms with van der Waals surface area (Å²) in [6.07, 6.45) is -1.81. The zero-order valence-electron chi connectivity index (χ0n) is 12.4. The summed E-state index contributed by atoms with van der Waals surface area (Å²) in [5.74, 6) is -0.264. The van der Waals surface area contributed by atoms with Crippen molar-refractivity contribution in [3.8, 4) is 0 Å². The predicted molar refractivity (Wildman–Crippen MR) is 74.2 cm³/mol. The molecule has 21 heavy (non-hydrogen) atoms. The Bertz CT molecular complexity index is 503. The highest BCUT2D eigenvalue weighted by molar-refractivity contribution is 5.66. The molecule has 0 spiro atoms. The lowest BCUT2D eigenvalue weighted by atomic mass is 9.91. The molecule has 0 aromatic heterocycles. The fourth-order valence-corrected chi connectivity index (χ4v) is 2.82. The normalized spacial score (nSPS) is 38.8. The van der Waals surface area contributed by atoms with E-state index in [1.165, 1.54) is 6.92 Å². The molecule has 6 atom stereocenters. The molecule has 2 aliphatic heterocycles. The Kier molecular flexibility index (Phi) is 3.97. The maximum atomic E-state index is 11.3. The van der Waals surface area contributed by atoms with Crippen LogP contribution in [0, 0.1) is 5.92 Å². The molecule has 0 saturated carbocycles. The smallest absolute Gasteiger partial charge is 0.303 e. The van der Waals surface area contributed by atoms with Crippen molar-refractivity contribution in [3.05, 3.63) is 35.9 Å². The SMILES string of the molecule is CC(=O)OC1C(C)C(C)OC2OC(c3ccccc3)OC21. The molecule has 1 aromatic rings. The molecular weight excluding hydrogens is 272 g/mol. The summed E-state index contributed by atoms with van der Waals surface area (Å²) in [7, 11) is 0. The van der Waals surface area contributed by atoms with E-state index in [-0.39, 0.29) is 24.1 Å². The van der Waals surface area contributed by atoms with E-state index in [9.17, 15) is 4.79 Å². The average molecular weight is 292 g/mol. The number of hydrogen-bond acceptors (Lipinski definition) is 5. The molecule has 114 valence electrons. The van der Waals surface area contributed by atoms with Crippen LogP contribution < -0.4 is 0 Å². The van der Waals surface area contributed by atoms with Crippen LogP contribution in [0.4, 0.5) is 0 Å². The van der Waals surface area contributed by atoms with Gasteiger partial charge in [0.15, 0.2) is 12.6 Å². The Morgan fingerprint density at radius 2 is 1.81 bits per heavy atom. The number of fused-ring (bicyclic) bond motifs is 1. The highest BCUT2D eigenvalue weighted by Gasteiger charge is 2.51. The van der Waals surface area contributed by atoms with Gasteiger partial charge in [0.25, 0.3) is 0 Å². The topological polar surface area (TPSA) is 54.0 Å². The van der Waals surface area contributed by atoms with E-state index in [0.29, 0.717) is 0 Å². The number of rotatable bonds is 2. The minimum atomic E-state index is -0.509. The van der Waals surface area contributed by atoms with Crippen LogP contribution >= 0.6 is 0 Å². The Balaban J connectivity index is 1.80. The lowest BCUT2D eigenvalue weighted by Crippen LogP contribution is -2.52. The summed E-state index contributed by atoms with van der Waals surface area (Å²) in [4.78, 5) is 11.3. The number of carbonyl (C=O) groups is 1. The van der Waals surface area contributed by atoms with Gasteiger partial charge in [-0.15, -0.1) is 0 Å². The van der Waals surface area contributed by atoms with E-state index in [4.69, 9.17) is 18.9 Å². The second-order valence-electron chi connectivity index (χ2n) is 5.62. The van der Waals surface area contributed by atoms with Gasteiger partial charge in [-0.1, -0.05) is 37.3 Å². The van der Waals surface area contributed by atoms with E-state index in [0.717, 1.165) is 5.56 Å². The van der Waals surface area contributed by atoms with Crippen LogP contribution in [0.5, 0.6) is 0 Å². The van der Waals surface area contributed by atoms with Crippen molar-refractivity contribution in [2.45, 2.75) is 51.7 Å². The van der Waals surface area contributed by atoms with Gasteiger partial charge in [0.05, 0.1) is 6.10 Å². The molecule has 0 radical (unpaired) electrons. The van der Waals surface area contributed by atoms with Crippen LogP contribution in [0.3, 0.4) is 0 Å². The van der Waals surface area contributed by atoms with Gasteiger partial charge < -0.3 is 18.9 Å². The first-order valence-electron chi connectivity index (χ1n) is 7.25. The van der Waals surface area contributed by atoms with Crippen LogP contribution in [0.1, 0.15) is 32.6 Å². The molecular formula is C16H20O5. The monoisotopic (exact) mass is 292 g/mol. The second kappa shape index (κ2) is 5.75.